The molecule has 2 heterocycles. The minimum atomic E-state index is -0.766. The minimum Gasteiger partial charge on any atom is -0.481 e. The average molecular weight is 382 g/mol. The molecule has 1 aliphatic heterocycles. The molecule has 0 bridgehead atoms. The van der Waals surface area contributed by atoms with E-state index in [0.717, 1.165) is 12.8 Å². The number of hydrogen-bond donors (Lipinski definition) is 3. The lowest BCUT2D eigenvalue weighted by Crippen LogP contribution is -2.48. The molecule has 0 unspecified atom stereocenters. The summed E-state index contributed by atoms with van der Waals surface area (Å²) < 4.78 is 11.4. The van der Waals surface area contributed by atoms with Crippen LogP contribution in [0.4, 0.5) is 0 Å². The molecule has 1 aromatic heterocycles. The summed E-state index contributed by atoms with van der Waals surface area (Å²) in [5.74, 6) is -0.750. The van der Waals surface area contributed by atoms with E-state index in [0.29, 0.717) is 24.4 Å². The summed E-state index contributed by atoms with van der Waals surface area (Å²) in [4.78, 5) is 23.1. The molecule has 1 saturated heterocycles. The number of carbonyl (C=O) groups excluding carboxylic acids is 1. The molecule has 3 N–H and O–H groups in total. The molecule has 1 aliphatic rings. The largest absolute Gasteiger partial charge is 0.481 e. The molecule has 144 valence electrons. The Morgan fingerprint density at radius 3 is 3.00 bits per heavy atom. The lowest BCUT2D eigenvalue weighted by molar-refractivity contribution is -0.225. The van der Waals surface area contributed by atoms with Gasteiger partial charge in [-0.1, -0.05) is 18.2 Å². The molecular formula is C18H26N2O5S. The van der Waals surface area contributed by atoms with Gasteiger partial charge in [0, 0.05) is 18.9 Å². The van der Waals surface area contributed by atoms with Crippen molar-refractivity contribution in [2.45, 2.75) is 45.0 Å². The zero-order chi connectivity index (χ0) is 18.8. The summed E-state index contributed by atoms with van der Waals surface area (Å²) in [5, 5.41) is 10.5. The first-order valence-corrected chi connectivity index (χ1v) is 9.64. The van der Waals surface area contributed by atoms with Crippen molar-refractivity contribution in [3.8, 4) is 0 Å². The number of aliphatic carboxylic acids is 1. The van der Waals surface area contributed by atoms with Crippen LogP contribution in [-0.2, 0) is 14.3 Å². The second-order valence-electron chi connectivity index (χ2n) is 6.14. The quantitative estimate of drug-likeness (QED) is 0.327. The Labute approximate surface area is 157 Å². The molecule has 2 rings (SSSR count). The molecule has 0 aromatic carbocycles. The molecule has 0 aliphatic carbocycles. The Bertz CT molecular complexity index is 590. The monoisotopic (exact) mass is 382 g/mol. The average Bonchev–Trinajstić information content (AvgIpc) is 3.14. The predicted molar refractivity (Wildman–Crippen MR) is 98.8 cm³/mol. The Morgan fingerprint density at radius 2 is 2.27 bits per heavy atom. The zero-order valence-corrected chi connectivity index (χ0v) is 15.7. The first-order chi connectivity index (χ1) is 12.6. The molecule has 1 aromatic rings. The number of unbranched alkanes of at least 4 members (excludes halogenated alkanes) is 1. The highest BCUT2D eigenvalue weighted by Crippen LogP contribution is 2.22. The van der Waals surface area contributed by atoms with Gasteiger partial charge >= 0.3 is 5.97 Å². The summed E-state index contributed by atoms with van der Waals surface area (Å²) in [6, 6.07) is 3.61. The number of carbonyl (C=O) groups is 2. The Balaban J connectivity index is 1.73. The fourth-order valence-corrected chi connectivity index (χ4v) is 3.28. The van der Waals surface area contributed by atoms with Crippen molar-refractivity contribution in [3.05, 3.63) is 34.5 Å². The first kappa shape index (κ1) is 20.6. The molecular weight excluding hydrogens is 356 g/mol. The van der Waals surface area contributed by atoms with E-state index < -0.39 is 5.97 Å². The van der Waals surface area contributed by atoms with E-state index in [9.17, 15) is 9.59 Å². The molecule has 8 heteroatoms. The van der Waals surface area contributed by atoms with Crippen LogP contribution in [0.3, 0.4) is 0 Å². The smallest absolute Gasteiger partial charge is 0.303 e. The van der Waals surface area contributed by atoms with E-state index in [2.05, 4.69) is 10.9 Å². The van der Waals surface area contributed by atoms with Gasteiger partial charge in [-0.3, -0.25) is 15.0 Å². The maximum absolute atomic E-state index is 11.9. The van der Waals surface area contributed by atoms with Gasteiger partial charge in [-0.05, 0) is 37.6 Å². The number of allylic oxidation sites excluding steroid dienone is 2. The molecule has 1 fully saturated rings. The topological polar surface area (TPSA) is 96.9 Å². The van der Waals surface area contributed by atoms with Gasteiger partial charge in [-0.15, -0.1) is 11.3 Å². The highest BCUT2D eigenvalue weighted by molar-refractivity contribution is 7.12. The number of hydrogen-bond acceptors (Lipinski definition) is 6. The van der Waals surface area contributed by atoms with Gasteiger partial charge in [-0.25, -0.2) is 5.43 Å². The van der Waals surface area contributed by atoms with Gasteiger partial charge in [0.15, 0.2) is 6.29 Å². The van der Waals surface area contributed by atoms with Gasteiger partial charge in [-0.2, -0.15) is 0 Å². The number of thiophene rings is 1. The Kier molecular flexibility index (Phi) is 8.76. The molecule has 0 saturated carbocycles. The first-order valence-electron chi connectivity index (χ1n) is 8.77. The van der Waals surface area contributed by atoms with E-state index in [1.54, 1.807) is 6.07 Å². The van der Waals surface area contributed by atoms with Gasteiger partial charge in [0.1, 0.15) is 0 Å². The van der Waals surface area contributed by atoms with Crippen molar-refractivity contribution in [3.63, 3.8) is 0 Å². The van der Waals surface area contributed by atoms with Gasteiger partial charge in [0.2, 0.25) is 0 Å². The van der Waals surface area contributed by atoms with Crippen molar-refractivity contribution in [1.82, 2.24) is 10.9 Å². The normalized spacial score (nSPS) is 23.2. The summed E-state index contributed by atoms with van der Waals surface area (Å²) in [6.07, 6.45) is 6.06. The highest BCUT2D eigenvalue weighted by atomic mass is 32.1. The van der Waals surface area contributed by atoms with Crippen LogP contribution < -0.4 is 10.9 Å². The van der Waals surface area contributed by atoms with E-state index in [1.807, 2.05) is 30.5 Å². The number of carboxylic acids is 1. The van der Waals surface area contributed by atoms with Crippen molar-refractivity contribution in [1.29, 1.82) is 0 Å². The molecule has 0 spiro atoms. The third-order valence-electron chi connectivity index (χ3n) is 4.05. The van der Waals surface area contributed by atoms with Crippen LogP contribution in [0.25, 0.3) is 0 Å². The number of rotatable bonds is 10. The third-order valence-corrected chi connectivity index (χ3v) is 4.92. The lowest BCUT2D eigenvalue weighted by atomic mass is 9.97. The Hall–Kier alpha value is -1.74. The number of ether oxygens (including phenoxy) is 2. The van der Waals surface area contributed by atoms with Crippen molar-refractivity contribution < 1.29 is 24.2 Å². The van der Waals surface area contributed by atoms with Crippen LogP contribution in [0.5, 0.6) is 0 Å². The van der Waals surface area contributed by atoms with E-state index in [1.165, 1.54) is 11.3 Å². The van der Waals surface area contributed by atoms with E-state index in [4.69, 9.17) is 14.6 Å². The summed E-state index contributed by atoms with van der Waals surface area (Å²) in [6.45, 7) is 2.93. The van der Waals surface area contributed by atoms with Crippen LogP contribution in [0.2, 0.25) is 0 Å². The second-order valence-corrected chi connectivity index (χ2v) is 7.09. The zero-order valence-electron chi connectivity index (χ0n) is 14.8. The second kappa shape index (κ2) is 11.1. The van der Waals surface area contributed by atoms with Crippen molar-refractivity contribution in [2.75, 3.05) is 13.2 Å². The van der Waals surface area contributed by atoms with Crippen molar-refractivity contribution >= 4 is 23.2 Å². The van der Waals surface area contributed by atoms with E-state index >= 15 is 0 Å². The molecule has 1 amide bonds. The van der Waals surface area contributed by atoms with E-state index in [-0.39, 0.29) is 30.6 Å². The van der Waals surface area contributed by atoms with Crippen LogP contribution in [-0.4, -0.2) is 42.5 Å². The maximum atomic E-state index is 11.9. The van der Waals surface area contributed by atoms with Crippen LogP contribution >= 0.6 is 11.3 Å². The number of carboxylic acid groups (broad SMARTS) is 1. The maximum Gasteiger partial charge on any atom is 0.303 e. The van der Waals surface area contributed by atoms with Gasteiger partial charge in [0.05, 0.1) is 17.6 Å². The van der Waals surface area contributed by atoms with Gasteiger partial charge < -0.3 is 14.6 Å². The van der Waals surface area contributed by atoms with Crippen LogP contribution in [0.15, 0.2) is 29.7 Å². The minimum absolute atomic E-state index is 0.0777. The standard InChI is InChI=1S/C18H26N2O5S/c1-13-24-12-14(7-4-2-3-5-9-17(21)22)15(25-13)11-19-20-18(23)16-8-6-10-26-16/h2,4,6,8,10,13-15,19H,3,5,7,9,11-12H2,1H3,(H,20,23)(H,21,22)/b4-2-/t13-,14+,15+/m1/s1. The fraction of sp³-hybridized carbons (Fsp3) is 0.556. The summed E-state index contributed by atoms with van der Waals surface area (Å²) >= 11 is 1.39. The molecule has 7 nitrogen and oxygen atoms in total. The SMILES string of the molecule is C[C@@H]1OC[C@H](C/C=C\CCCC(=O)O)[C@H](CNNC(=O)c2cccs2)O1. The van der Waals surface area contributed by atoms with Gasteiger partial charge in [0.25, 0.3) is 5.91 Å². The Morgan fingerprint density at radius 1 is 1.42 bits per heavy atom. The van der Waals surface area contributed by atoms with Crippen LogP contribution in [0.1, 0.15) is 42.3 Å². The number of hydrazine groups is 1. The highest BCUT2D eigenvalue weighted by Gasteiger charge is 2.29. The summed E-state index contributed by atoms with van der Waals surface area (Å²) in [5.41, 5.74) is 5.64. The molecule has 0 radical (unpaired) electrons. The predicted octanol–water partition coefficient (Wildman–Crippen LogP) is 2.56. The lowest BCUT2D eigenvalue weighted by Gasteiger charge is -2.35. The molecule has 26 heavy (non-hydrogen) atoms. The molecule has 3 atom stereocenters. The van der Waals surface area contributed by atoms with Crippen LogP contribution in [0, 0.1) is 5.92 Å². The number of nitrogens with one attached hydrogen (secondary N) is 2. The third kappa shape index (κ3) is 7.25. The fourth-order valence-electron chi connectivity index (χ4n) is 2.66. The van der Waals surface area contributed by atoms with Crippen molar-refractivity contribution in [2.24, 2.45) is 5.92 Å². The summed E-state index contributed by atoms with van der Waals surface area (Å²) in [7, 11) is 0. The number of amides is 1.